The fourth-order valence-corrected chi connectivity index (χ4v) is 4.37. The van der Waals surface area contributed by atoms with Crippen molar-refractivity contribution in [2.24, 2.45) is 0 Å². The number of thioether (sulfide) groups is 1. The van der Waals surface area contributed by atoms with Gasteiger partial charge < -0.3 is 14.7 Å². The molecule has 1 aliphatic rings. The summed E-state index contributed by atoms with van der Waals surface area (Å²) in [5.41, 5.74) is 2.83. The van der Waals surface area contributed by atoms with Gasteiger partial charge in [0.15, 0.2) is 0 Å². The van der Waals surface area contributed by atoms with E-state index in [9.17, 15) is 4.79 Å². The summed E-state index contributed by atoms with van der Waals surface area (Å²) < 4.78 is 5.23. The van der Waals surface area contributed by atoms with Gasteiger partial charge in [0.25, 0.3) is 5.91 Å². The van der Waals surface area contributed by atoms with E-state index in [0.29, 0.717) is 6.04 Å². The molecule has 1 amide bonds. The van der Waals surface area contributed by atoms with Gasteiger partial charge in [0.1, 0.15) is 5.76 Å². The number of amides is 1. The van der Waals surface area contributed by atoms with Crippen molar-refractivity contribution in [2.75, 3.05) is 20.1 Å². The fourth-order valence-electron chi connectivity index (χ4n) is 3.17. The number of benzene rings is 1. The summed E-state index contributed by atoms with van der Waals surface area (Å²) in [4.78, 5) is 16.0. The van der Waals surface area contributed by atoms with Gasteiger partial charge in [0.2, 0.25) is 0 Å². The molecule has 1 aromatic heterocycles. The van der Waals surface area contributed by atoms with Crippen LogP contribution in [0.5, 0.6) is 0 Å². The first-order chi connectivity index (χ1) is 12.1. The highest BCUT2D eigenvalue weighted by Gasteiger charge is 2.24. The van der Waals surface area contributed by atoms with Crippen LogP contribution in [-0.4, -0.2) is 42.1 Å². The van der Waals surface area contributed by atoms with Crippen molar-refractivity contribution >= 4 is 30.1 Å². The van der Waals surface area contributed by atoms with Crippen molar-refractivity contribution in [3.8, 4) is 0 Å². The average Bonchev–Trinajstić information content (AvgIpc) is 2.97. The third kappa shape index (κ3) is 4.61. The van der Waals surface area contributed by atoms with Crippen LogP contribution in [0.25, 0.3) is 0 Å². The van der Waals surface area contributed by atoms with E-state index in [0.717, 1.165) is 59.2 Å². The van der Waals surface area contributed by atoms with Gasteiger partial charge in [-0.2, -0.15) is 0 Å². The molecule has 7 heteroatoms. The Hall–Kier alpha value is -1.50. The van der Waals surface area contributed by atoms with Gasteiger partial charge in [-0.1, -0.05) is 17.3 Å². The summed E-state index contributed by atoms with van der Waals surface area (Å²) in [6, 6.07) is 8.40. The molecule has 0 saturated carbocycles. The van der Waals surface area contributed by atoms with Crippen molar-refractivity contribution in [1.82, 2.24) is 15.4 Å². The summed E-state index contributed by atoms with van der Waals surface area (Å²) in [5, 5.41) is 7.31. The molecule has 142 valence electrons. The van der Waals surface area contributed by atoms with E-state index in [-0.39, 0.29) is 18.3 Å². The van der Waals surface area contributed by atoms with Gasteiger partial charge in [0.05, 0.1) is 11.3 Å². The molecule has 0 aliphatic carbocycles. The molecular formula is C19H26ClN3O2S. The highest BCUT2D eigenvalue weighted by molar-refractivity contribution is 7.98. The number of halogens is 1. The smallest absolute Gasteiger partial charge is 0.254 e. The largest absolute Gasteiger partial charge is 0.361 e. The number of aryl methyl sites for hydroxylation is 2. The van der Waals surface area contributed by atoms with E-state index in [1.54, 1.807) is 11.8 Å². The number of rotatable bonds is 5. The van der Waals surface area contributed by atoms with Gasteiger partial charge >= 0.3 is 0 Å². The van der Waals surface area contributed by atoms with Gasteiger partial charge in [-0.15, -0.1) is 24.2 Å². The second kappa shape index (κ2) is 9.44. The minimum atomic E-state index is 0. The topological polar surface area (TPSA) is 58.4 Å². The Kier molecular flexibility index (Phi) is 7.55. The van der Waals surface area contributed by atoms with Crippen LogP contribution >= 0.6 is 24.2 Å². The van der Waals surface area contributed by atoms with Crippen molar-refractivity contribution in [2.45, 2.75) is 43.4 Å². The predicted octanol–water partition coefficient (Wildman–Crippen LogP) is 3.83. The first-order valence-electron chi connectivity index (χ1n) is 8.70. The second-order valence-corrected chi connectivity index (χ2v) is 7.46. The lowest BCUT2D eigenvalue weighted by Crippen LogP contribution is -2.44. The molecule has 2 aromatic rings. The molecule has 0 bridgehead atoms. The highest BCUT2D eigenvalue weighted by Crippen LogP contribution is 2.30. The maximum absolute atomic E-state index is 13.0. The van der Waals surface area contributed by atoms with Gasteiger partial charge in [-0.3, -0.25) is 4.79 Å². The lowest BCUT2D eigenvalue weighted by molar-refractivity contribution is 0.0704. The Morgan fingerprint density at radius 1 is 1.31 bits per heavy atom. The fraction of sp³-hybridized carbons (Fsp3) is 0.474. The Labute approximate surface area is 165 Å². The molecule has 0 unspecified atom stereocenters. The van der Waals surface area contributed by atoms with E-state index in [1.165, 1.54) is 0 Å². The summed E-state index contributed by atoms with van der Waals surface area (Å²) in [6.07, 6.45) is 2.02. The number of carbonyl (C=O) groups excluding carboxylic acids is 1. The Balaban J connectivity index is 0.00000243. The number of hydrogen-bond donors (Lipinski definition) is 1. The van der Waals surface area contributed by atoms with Crippen LogP contribution < -0.4 is 5.32 Å². The number of hydrogen-bond acceptors (Lipinski definition) is 5. The average molecular weight is 396 g/mol. The lowest BCUT2D eigenvalue weighted by Gasteiger charge is -2.32. The van der Waals surface area contributed by atoms with Crippen LogP contribution in [0.1, 0.15) is 40.2 Å². The summed E-state index contributed by atoms with van der Waals surface area (Å²) in [6.45, 7) is 5.51. The zero-order valence-corrected chi connectivity index (χ0v) is 17.1. The quantitative estimate of drug-likeness (QED) is 0.779. The molecule has 1 aromatic carbocycles. The van der Waals surface area contributed by atoms with E-state index < -0.39 is 0 Å². The SMILES string of the molecule is CNC1CCN(C(=O)c2ccccc2SCc2c(C)noc2C)CC1.Cl. The van der Waals surface area contributed by atoms with Gasteiger partial charge in [-0.05, 0) is 45.9 Å². The monoisotopic (exact) mass is 395 g/mol. The lowest BCUT2D eigenvalue weighted by atomic mass is 10.0. The molecule has 3 rings (SSSR count). The molecule has 0 atom stereocenters. The molecule has 1 N–H and O–H groups in total. The van der Waals surface area contributed by atoms with E-state index >= 15 is 0 Å². The van der Waals surface area contributed by atoms with E-state index in [2.05, 4.69) is 10.5 Å². The van der Waals surface area contributed by atoms with Crippen LogP contribution in [0.15, 0.2) is 33.7 Å². The van der Waals surface area contributed by atoms with Crippen molar-refractivity contribution in [1.29, 1.82) is 0 Å². The third-order valence-corrected chi connectivity index (χ3v) is 5.96. The number of piperidine rings is 1. The molecule has 26 heavy (non-hydrogen) atoms. The van der Waals surface area contributed by atoms with Gasteiger partial charge in [0, 0.05) is 35.3 Å². The van der Waals surface area contributed by atoms with Crippen molar-refractivity contribution < 1.29 is 9.32 Å². The van der Waals surface area contributed by atoms with Gasteiger partial charge in [-0.25, -0.2) is 0 Å². The molecule has 5 nitrogen and oxygen atoms in total. The number of likely N-dealkylation sites (tertiary alicyclic amines) is 1. The number of carbonyl (C=O) groups is 1. The van der Waals surface area contributed by atoms with Crippen LogP contribution in [0.4, 0.5) is 0 Å². The van der Waals surface area contributed by atoms with Crippen LogP contribution in [0.3, 0.4) is 0 Å². The number of nitrogens with zero attached hydrogens (tertiary/aromatic N) is 2. The van der Waals surface area contributed by atoms with E-state index in [4.69, 9.17) is 4.52 Å². The Morgan fingerprint density at radius 3 is 2.62 bits per heavy atom. The third-order valence-electron chi connectivity index (χ3n) is 4.86. The molecule has 1 fully saturated rings. The summed E-state index contributed by atoms with van der Waals surface area (Å²) >= 11 is 1.67. The molecule has 0 radical (unpaired) electrons. The standard InChI is InChI=1S/C19H25N3O2S.ClH/c1-13-17(14(2)24-21-13)12-25-18-7-5-4-6-16(18)19(23)22-10-8-15(20-3)9-11-22;/h4-7,15,20H,8-12H2,1-3H3;1H. The first kappa shape index (κ1) is 20.8. The normalized spacial score (nSPS) is 15.0. The highest BCUT2D eigenvalue weighted by atomic mass is 35.5. The van der Waals surface area contributed by atoms with Crippen molar-refractivity contribution in [3.63, 3.8) is 0 Å². The minimum Gasteiger partial charge on any atom is -0.361 e. The van der Waals surface area contributed by atoms with Crippen LogP contribution in [-0.2, 0) is 5.75 Å². The molecule has 1 saturated heterocycles. The Morgan fingerprint density at radius 2 is 2.00 bits per heavy atom. The van der Waals surface area contributed by atoms with E-state index in [1.807, 2.05) is 50.1 Å². The zero-order valence-electron chi connectivity index (χ0n) is 15.4. The van der Waals surface area contributed by atoms with Crippen molar-refractivity contribution in [3.05, 3.63) is 46.8 Å². The maximum Gasteiger partial charge on any atom is 0.254 e. The molecular weight excluding hydrogens is 370 g/mol. The van der Waals surface area contributed by atoms with Crippen LogP contribution in [0, 0.1) is 13.8 Å². The summed E-state index contributed by atoms with van der Waals surface area (Å²) in [7, 11) is 1.99. The number of aromatic nitrogens is 1. The zero-order chi connectivity index (χ0) is 17.8. The Bertz CT molecular complexity index is 723. The van der Waals surface area contributed by atoms with Crippen LogP contribution in [0.2, 0.25) is 0 Å². The predicted molar refractivity (Wildman–Crippen MR) is 107 cm³/mol. The number of nitrogens with one attached hydrogen (secondary N) is 1. The first-order valence-corrected chi connectivity index (χ1v) is 9.68. The molecule has 2 heterocycles. The minimum absolute atomic E-state index is 0. The second-order valence-electron chi connectivity index (χ2n) is 6.44. The molecule has 1 aliphatic heterocycles. The molecule has 0 spiro atoms. The maximum atomic E-state index is 13.0. The summed E-state index contributed by atoms with van der Waals surface area (Å²) in [5.74, 6) is 1.74.